The number of β-lactam (4-membered cyclic amide) rings is 1. The van der Waals surface area contributed by atoms with Crippen LogP contribution in [0.3, 0.4) is 0 Å². The summed E-state index contributed by atoms with van der Waals surface area (Å²) in [5.74, 6) is 0.486. The zero-order valence-electron chi connectivity index (χ0n) is 8.60. The summed E-state index contributed by atoms with van der Waals surface area (Å²) in [5, 5.41) is 0. The minimum absolute atomic E-state index is 0.207. The third kappa shape index (κ3) is 1.41. The molecule has 1 aliphatic heterocycles. The lowest BCUT2D eigenvalue weighted by molar-refractivity contribution is -0.154. The molecule has 0 aliphatic carbocycles. The molecule has 1 fully saturated rings. The van der Waals surface area contributed by atoms with Gasteiger partial charge in [-0.15, -0.1) is 0 Å². The number of benzene rings is 1. The summed E-state index contributed by atoms with van der Waals surface area (Å²) < 4.78 is 0. The Hall–Kier alpha value is -1.31. The number of nitrogens with zero attached hydrogens (tertiary/aromatic N) is 1. The molecule has 1 amide bonds. The Morgan fingerprint density at radius 1 is 1.21 bits per heavy atom. The highest BCUT2D eigenvalue weighted by Gasteiger charge is 2.40. The van der Waals surface area contributed by atoms with E-state index in [1.807, 2.05) is 30.0 Å². The molecule has 2 atom stereocenters. The summed E-state index contributed by atoms with van der Waals surface area (Å²) in [6.45, 7) is 4.86. The second kappa shape index (κ2) is 3.45. The Labute approximate surface area is 84.5 Å². The number of hydrogen-bond acceptors (Lipinski definition) is 1. The molecule has 0 radical (unpaired) electrons. The van der Waals surface area contributed by atoms with Gasteiger partial charge in [-0.05, 0) is 12.5 Å². The van der Waals surface area contributed by atoms with E-state index < -0.39 is 0 Å². The van der Waals surface area contributed by atoms with Crippen LogP contribution in [0.4, 0.5) is 0 Å². The zero-order valence-corrected chi connectivity index (χ0v) is 8.60. The van der Waals surface area contributed by atoms with Gasteiger partial charge in [0.1, 0.15) is 0 Å². The summed E-state index contributed by atoms with van der Waals surface area (Å²) in [6.07, 6.45) is 0. The van der Waals surface area contributed by atoms with Gasteiger partial charge in [0.2, 0.25) is 5.91 Å². The van der Waals surface area contributed by atoms with Crippen molar-refractivity contribution in [3.63, 3.8) is 0 Å². The maximum absolute atomic E-state index is 11.5. The maximum atomic E-state index is 11.5. The topological polar surface area (TPSA) is 20.3 Å². The van der Waals surface area contributed by atoms with Gasteiger partial charge in [0.25, 0.3) is 0 Å². The van der Waals surface area contributed by atoms with Crippen LogP contribution in [0.5, 0.6) is 0 Å². The second-order valence-corrected chi connectivity index (χ2v) is 3.98. The molecular weight excluding hydrogens is 174 g/mol. The minimum Gasteiger partial charge on any atom is -0.335 e. The normalized spacial score (nSPS) is 26.1. The third-order valence-corrected chi connectivity index (χ3v) is 3.08. The van der Waals surface area contributed by atoms with Crippen molar-refractivity contribution < 1.29 is 4.79 Å². The lowest BCUT2D eigenvalue weighted by atomic mass is 9.90. The predicted octanol–water partition coefficient (Wildman–Crippen LogP) is 2.05. The molecule has 2 heteroatoms. The van der Waals surface area contributed by atoms with Crippen molar-refractivity contribution >= 4 is 5.91 Å². The van der Waals surface area contributed by atoms with E-state index in [4.69, 9.17) is 0 Å². The first-order valence-electron chi connectivity index (χ1n) is 5.04. The molecule has 74 valence electrons. The van der Waals surface area contributed by atoms with Crippen LogP contribution in [0.15, 0.2) is 30.3 Å². The largest absolute Gasteiger partial charge is 0.335 e. The van der Waals surface area contributed by atoms with Gasteiger partial charge in [-0.2, -0.15) is 0 Å². The predicted molar refractivity (Wildman–Crippen MR) is 55.6 cm³/mol. The number of rotatable bonds is 2. The van der Waals surface area contributed by atoms with Gasteiger partial charge in [0.05, 0.1) is 5.92 Å². The van der Waals surface area contributed by atoms with Crippen LogP contribution in [0.1, 0.15) is 19.4 Å². The van der Waals surface area contributed by atoms with Crippen molar-refractivity contribution in [2.75, 3.05) is 0 Å². The number of carbonyl (C=O) groups excluding carboxylic acids is 1. The van der Waals surface area contributed by atoms with Gasteiger partial charge in [-0.25, -0.2) is 0 Å². The molecule has 1 heterocycles. The first-order chi connectivity index (χ1) is 6.70. The summed E-state index contributed by atoms with van der Waals surface area (Å²) in [4.78, 5) is 13.4. The summed E-state index contributed by atoms with van der Waals surface area (Å²) in [5.41, 5.74) is 1.21. The van der Waals surface area contributed by atoms with Crippen LogP contribution in [0.2, 0.25) is 0 Å². The monoisotopic (exact) mass is 189 g/mol. The van der Waals surface area contributed by atoms with Crippen LogP contribution in [0, 0.1) is 5.92 Å². The summed E-state index contributed by atoms with van der Waals surface area (Å²) in [6, 6.07) is 10.5. The SMILES string of the molecule is C[C@H]1C(=O)N(Cc2ccccc2)[C@H]1C. The molecule has 1 aliphatic rings. The Morgan fingerprint density at radius 2 is 1.86 bits per heavy atom. The molecule has 0 N–H and O–H groups in total. The smallest absolute Gasteiger partial charge is 0.228 e. The Balaban J connectivity index is 2.03. The summed E-state index contributed by atoms with van der Waals surface area (Å²) in [7, 11) is 0. The summed E-state index contributed by atoms with van der Waals surface area (Å²) >= 11 is 0. The van der Waals surface area contributed by atoms with E-state index in [0.29, 0.717) is 6.04 Å². The van der Waals surface area contributed by atoms with Gasteiger partial charge < -0.3 is 4.90 Å². The van der Waals surface area contributed by atoms with Crippen molar-refractivity contribution in [2.24, 2.45) is 5.92 Å². The van der Waals surface area contributed by atoms with Crippen molar-refractivity contribution in [1.82, 2.24) is 4.90 Å². The highest BCUT2D eigenvalue weighted by molar-refractivity contribution is 5.85. The average molecular weight is 189 g/mol. The van der Waals surface area contributed by atoms with Crippen molar-refractivity contribution in [3.8, 4) is 0 Å². The van der Waals surface area contributed by atoms with Gasteiger partial charge in [-0.3, -0.25) is 4.79 Å². The zero-order chi connectivity index (χ0) is 10.1. The maximum Gasteiger partial charge on any atom is 0.228 e. The molecular formula is C12H15NO. The Kier molecular flexibility index (Phi) is 2.28. The molecule has 0 unspecified atom stereocenters. The van der Waals surface area contributed by atoms with Crippen LogP contribution in [-0.2, 0) is 11.3 Å². The highest BCUT2D eigenvalue weighted by Crippen LogP contribution is 2.27. The fourth-order valence-electron chi connectivity index (χ4n) is 1.86. The van der Waals surface area contributed by atoms with Crippen LogP contribution in [-0.4, -0.2) is 16.8 Å². The Morgan fingerprint density at radius 3 is 2.43 bits per heavy atom. The molecule has 14 heavy (non-hydrogen) atoms. The number of hydrogen-bond donors (Lipinski definition) is 0. The van der Waals surface area contributed by atoms with Crippen molar-refractivity contribution in [3.05, 3.63) is 35.9 Å². The quantitative estimate of drug-likeness (QED) is 0.652. The van der Waals surface area contributed by atoms with E-state index in [9.17, 15) is 4.79 Å². The molecule has 0 saturated carbocycles. The second-order valence-electron chi connectivity index (χ2n) is 3.98. The third-order valence-electron chi connectivity index (χ3n) is 3.08. The first kappa shape index (κ1) is 9.25. The lowest BCUT2D eigenvalue weighted by Crippen LogP contribution is -2.57. The van der Waals surface area contributed by atoms with Crippen molar-refractivity contribution in [1.29, 1.82) is 0 Å². The molecule has 0 spiro atoms. The number of likely N-dealkylation sites (tertiary alicyclic amines) is 1. The van der Waals surface area contributed by atoms with E-state index in [1.54, 1.807) is 0 Å². The van der Waals surface area contributed by atoms with Crippen molar-refractivity contribution in [2.45, 2.75) is 26.4 Å². The van der Waals surface area contributed by atoms with E-state index in [0.717, 1.165) is 6.54 Å². The van der Waals surface area contributed by atoms with E-state index >= 15 is 0 Å². The molecule has 1 saturated heterocycles. The fourth-order valence-corrected chi connectivity index (χ4v) is 1.86. The van der Waals surface area contributed by atoms with Gasteiger partial charge in [0, 0.05) is 12.6 Å². The number of amides is 1. The van der Waals surface area contributed by atoms with Gasteiger partial charge >= 0.3 is 0 Å². The highest BCUT2D eigenvalue weighted by atomic mass is 16.2. The van der Waals surface area contributed by atoms with E-state index in [2.05, 4.69) is 19.1 Å². The molecule has 0 bridgehead atoms. The molecule has 2 nitrogen and oxygen atoms in total. The molecule has 1 aromatic rings. The van der Waals surface area contributed by atoms with E-state index in [-0.39, 0.29) is 11.8 Å². The van der Waals surface area contributed by atoms with Crippen LogP contribution >= 0.6 is 0 Å². The van der Waals surface area contributed by atoms with Crippen LogP contribution < -0.4 is 0 Å². The standard InChI is InChI=1S/C12H15NO/c1-9-10(2)13(12(9)14)8-11-6-4-3-5-7-11/h3-7,9-10H,8H2,1-2H3/t9-,10+/m1/s1. The fraction of sp³-hybridized carbons (Fsp3) is 0.417. The minimum atomic E-state index is 0.207. The molecule has 1 aromatic carbocycles. The van der Waals surface area contributed by atoms with Crippen LogP contribution in [0.25, 0.3) is 0 Å². The van der Waals surface area contributed by atoms with Gasteiger partial charge in [0.15, 0.2) is 0 Å². The Bertz CT molecular complexity index is 333. The average Bonchev–Trinajstić information content (AvgIpc) is 2.26. The lowest BCUT2D eigenvalue weighted by Gasteiger charge is -2.44. The van der Waals surface area contributed by atoms with Gasteiger partial charge in [-0.1, -0.05) is 37.3 Å². The first-order valence-corrected chi connectivity index (χ1v) is 5.04. The number of carbonyl (C=O) groups is 1. The van der Waals surface area contributed by atoms with E-state index in [1.165, 1.54) is 5.56 Å². The molecule has 2 rings (SSSR count). The molecule has 0 aromatic heterocycles.